The Bertz CT molecular complexity index is 908. The minimum Gasteiger partial charge on any atom is -0.375 e. The predicted octanol–water partition coefficient (Wildman–Crippen LogP) is 2.76. The molecule has 2 aromatic rings. The van der Waals surface area contributed by atoms with Gasteiger partial charge in [0.2, 0.25) is 17.7 Å². The average molecular weight is 438 g/mol. The number of methoxy groups -OCH3 is 1. The van der Waals surface area contributed by atoms with Crippen molar-refractivity contribution in [3.05, 3.63) is 65.7 Å². The zero-order valence-electron chi connectivity index (χ0n) is 18.5. The molecule has 0 unspecified atom stereocenters. The maximum absolute atomic E-state index is 12.6. The molecule has 0 atom stereocenters. The Hall–Kier alpha value is -3.19. The summed E-state index contributed by atoms with van der Waals surface area (Å²) in [4.78, 5) is 38.6. The molecule has 32 heavy (non-hydrogen) atoms. The third kappa shape index (κ3) is 7.20. The van der Waals surface area contributed by atoms with Gasteiger partial charge in [0.05, 0.1) is 0 Å². The maximum atomic E-state index is 12.6. The zero-order valence-corrected chi connectivity index (χ0v) is 18.5. The van der Waals surface area contributed by atoms with Crippen molar-refractivity contribution < 1.29 is 19.1 Å². The third-order valence-corrected chi connectivity index (χ3v) is 5.64. The Morgan fingerprint density at radius 2 is 1.72 bits per heavy atom. The van der Waals surface area contributed by atoms with Crippen LogP contribution in [0.1, 0.15) is 30.4 Å². The monoisotopic (exact) mass is 437 g/mol. The van der Waals surface area contributed by atoms with E-state index in [0.717, 1.165) is 17.5 Å². The molecule has 2 aromatic carbocycles. The molecule has 7 heteroatoms. The lowest BCUT2D eigenvalue weighted by molar-refractivity contribution is -0.135. The number of piperidine rings is 1. The lowest BCUT2D eigenvalue weighted by Gasteiger charge is -2.31. The smallest absolute Gasteiger partial charge is 0.250 e. The fourth-order valence-electron chi connectivity index (χ4n) is 3.87. The second-order valence-corrected chi connectivity index (χ2v) is 8.04. The molecule has 0 bridgehead atoms. The summed E-state index contributed by atoms with van der Waals surface area (Å²) in [7, 11) is 1.47. The molecule has 3 amide bonds. The van der Waals surface area contributed by atoms with Gasteiger partial charge in [0.1, 0.15) is 6.61 Å². The first-order chi connectivity index (χ1) is 15.5. The number of benzene rings is 2. The second kappa shape index (κ2) is 12.0. The Morgan fingerprint density at radius 1 is 1.00 bits per heavy atom. The van der Waals surface area contributed by atoms with E-state index in [4.69, 9.17) is 4.74 Å². The number of likely N-dealkylation sites (tertiary alicyclic amines) is 1. The van der Waals surface area contributed by atoms with Crippen LogP contribution in [0, 0.1) is 5.92 Å². The highest BCUT2D eigenvalue weighted by Gasteiger charge is 2.27. The molecule has 7 nitrogen and oxygen atoms in total. The Morgan fingerprint density at radius 3 is 2.44 bits per heavy atom. The van der Waals surface area contributed by atoms with Gasteiger partial charge in [-0.2, -0.15) is 0 Å². The van der Waals surface area contributed by atoms with E-state index < -0.39 is 0 Å². The molecular formula is C25H31N3O4. The Labute approximate surface area is 189 Å². The Balaban J connectivity index is 1.40. The zero-order chi connectivity index (χ0) is 22.8. The molecule has 0 aromatic heterocycles. The topological polar surface area (TPSA) is 87.7 Å². The van der Waals surface area contributed by atoms with Crippen LogP contribution < -0.4 is 10.6 Å². The van der Waals surface area contributed by atoms with Crippen LogP contribution in [0.3, 0.4) is 0 Å². The van der Waals surface area contributed by atoms with Gasteiger partial charge in [0.15, 0.2) is 0 Å². The number of hydrogen-bond acceptors (Lipinski definition) is 4. The van der Waals surface area contributed by atoms with E-state index in [1.807, 2.05) is 53.4 Å². The number of ether oxygens (including phenoxy) is 1. The van der Waals surface area contributed by atoms with Crippen LogP contribution in [0.4, 0.5) is 5.69 Å². The normalized spacial score (nSPS) is 14.1. The SMILES string of the molecule is COCC(=O)Nc1cccc(CNC(=O)C2CCN(C(=O)CCc3ccccc3)CC2)c1. The molecule has 1 fully saturated rings. The van der Waals surface area contributed by atoms with Crippen LogP contribution in [0.2, 0.25) is 0 Å². The molecule has 3 rings (SSSR count). The summed E-state index contributed by atoms with van der Waals surface area (Å²) in [5, 5.41) is 5.74. The van der Waals surface area contributed by atoms with E-state index in [1.165, 1.54) is 7.11 Å². The summed E-state index contributed by atoms with van der Waals surface area (Å²) in [5.74, 6) is -0.147. The Kier molecular flexibility index (Phi) is 8.80. The number of rotatable bonds is 9. The van der Waals surface area contributed by atoms with Gasteiger partial charge >= 0.3 is 0 Å². The van der Waals surface area contributed by atoms with E-state index in [-0.39, 0.29) is 30.2 Å². The molecule has 0 radical (unpaired) electrons. The molecule has 170 valence electrons. The van der Waals surface area contributed by atoms with Crippen molar-refractivity contribution in [2.75, 3.05) is 32.1 Å². The first-order valence-electron chi connectivity index (χ1n) is 11.0. The number of nitrogens with one attached hydrogen (secondary N) is 2. The number of anilines is 1. The second-order valence-electron chi connectivity index (χ2n) is 8.04. The molecule has 0 aliphatic carbocycles. The first-order valence-corrected chi connectivity index (χ1v) is 11.0. The molecule has 1 heterocycles. The quantitative estimate of drug-likeness (QED) is 0.632. The fraction of sp³-hybridized carbons (Fsp3) is 0.400. The van der Waals surface area contributed by atoms with Crippen molar-refractivity contribution in [1.82, 2.24) is 10.2 Å². The van der Waals surface area contributed by atoms with Gasteiger partial charge in [0, 0.05) is 44.8 Å². The summed E-state index contributed by atoms with van der Waals surface area (Å²) in [6.45, 7) is 1.62. The van der Waals surface area contributed by atoms with Gasteiger partial charge in [-0.3, -0.25) is 14.4 Å². The molecular weight excluding hydrogens is 406 g/mol. The molecule has 0 spiro atoms. The minimum atomic E-state index is -0.223. The number of nitrogens with zero attached hydrogens (tertiary/aromatic N) is 1. The van der Waals surface area contributed by atoms with Crippen molar-refractivity contribution in [3.63, 3.8) is 0 Å². The van der Waals surface area contributed by atoms with Crippen molar-refractivity contribution in [2.24, 2.45) is 5.92 Å². The lowest BCUT2D eigenvalue weighted by Crippen LogP contribution is -2.43. The summed E-state index contributed by atoms with van der Waals surface area (Å²) in [6.07, 6.45) is 2.59. The van der Waals surface area contributed by atoms with Crippen molar-refractivity contribution in [2.45, 2.75) is 32.2 Å². The summed E-state index contributed by atoms with van der Waals surface area (Å²) >= 11 is 0. The van der Waals surface area contributed by atoms with Gasteiger partial charge in [0.25, 0.3) is 0 Å². The van der Waals surface area contributed by atoms with Gasteiger partial charge in [-0.05, 0) is 42.5 Å². The van der Waals surface area contributed by atoms with Gasteiger partial charge < -0.3 is 20.3 Å². The van der Waals surface area contributed by atoms with E-state index in [2.05, 4.69) is 10.6 Å². The number of carbonyl (C=O) groups excluding carboxylic acids is 3. The highest BCUT2D eigenvalue weighted by molar-refractivity contribution is 5.91. The number of carbonyl (C=O) groups is 3. The van der Waals surface area contributed by atoms with Gasteiger partial charge in [-0.1, -0.05) is 42.5 Å². The highest BCUT2D eigenvalue weighted by atomic mass is 16.5. The minimum absolute atomic E-state index is 0.00554. The van der Waals surface area contributed by atoms with Crippen LogP contribution in [0.15, 0.2) is 54.6 Å². The summed E-state index contributed by atoms with van der Waals surface area (Å²) < 4.78 is 4.81. The van der Waals surface area contributed by atoms with E-state index in [1.54, 1.807) is 6.07 Å². The predicted molar refractivity (Wildman–Crippen MR) is 123 cm³/mol. The maximum Gasteiger partial charge on any atom is 0.250 e. The lowest BCUT2D eigenvalue weighted by atomic mass is 9.95. The van der Waals surface area contributed by atoms with Crippen molar-refractivity contribution in [1.29, 1.82) is 0 Å². The van der Waals surface area contributed by atoms with E-state index in [9.17, 15) is 14.4 Å². The van der Waals surface area contributed by atoms with Crippen LogP contribution in [0.5, 0.6) is 0 Å². The molecule has 1 aliphatic heterocycles. The van der Waals surface area contributed by atoms with Crippen molar-refractivity contribution in [3.8, 4) is 0 Å². The van der Waals surface area contributed by atoms with Crippen LogP contribution in [-0.4, -0.2) is 49.4 Å². The average Bonchev–Trinajstić information content (AvgIpc) is 2.82. The standard InChI is InChI=1S/C25H31N3O4/c1-32-18-23(29)27-22-9-5-8-20(16-22)17-26-25(31)21-12-14-28(15-13-21)24(30)11-10-19-6-3-2-4-7-19/h2-9,16,21H,10-15,17-18H2,1H3,(H,26,31)(H,27,29). The highest BCUT2D eigenvalue weighted by Crippen LogP contribution is 2.19. The summed E-state index contributed by atoms with van der Waals surface area (Å²) in [6, 6.07) is 17.4. The first kappa shape index (κ1) is 23.5. The largest absolute Gasteiger partial charge is 0.375 e. The molecule has 1 aliphatic rings. The fourth-order valence-corrected chi connectivity index (χ4v) is 3.87. The van der Waals surface area contributed by atoms with Crippen LogP contribution >= 0.6 is 0 Å². The van der Waals surface area contributed by atoms with Crippen LogP contribution in [-0.2, 0) is 32.1 Å². The number of aryl methyl sites for hydroxylation is 1. The van der Waals surface area contributed by atoms with E-state index in [0.29, 0.717) is 44.6 Å². The van der Waals surface area contributed by atoms with Crippen molar-refractivity contribution >= 4 is 23.4 Å². The molecule has 1 saturated heterocycles. The van der Waals surface area contributed by atoms with Gasteiger partial charge in [-0.15, -0.1) is 0 Å². The molecule has 2 N–H and O–H groups in total. The third-order valence-electron chi connectivity index (χ3n) is 5.64. The van der Waals surface area contributed by atoms with Gasteiger partial charge in [-0.25, -0.2) is 0 Å². The van der Waals surface area contributed by atoms with Crippen LogP contribution in [0.25, 0.3) is 0 Å². The molecule has 0 saturated carbocycles. The summed E-state index contributed by atoms with van der Waals surface area (Å²) in [5.41, 5.74) is 2.74. The number of amides is 3. The number of hydrogen-bond donors (Lipinski definition) is 2. The van der Waals surface area contributed by atoms with E-state index >= 15 is 0 Å².